The van der Waals surface area contributed by atoms with Crippen LogP contribution in [0, 0.1) is 36.0 Å². The maximum absolute atomic E-state index is 14.7. The average Bonchev–Trinajstić information content (AvgIpc) is 2.91. The molecule has 0 N–H and O–H groups in total. The number of rotatable bonds is 14. The van der Waals surface area contributed by atoms with Gasteiger partial charge in [-0.05, 0) is 61.1 Å². The van der Waals surface area contributed by atoms with Crippen molar-refractivity contribution in [2.45, 2.75) is 64.7 Å². The summed E-state index contributed by atoms with van der Waals surface area (Å²) in [5.41, 5.74) is 0.0142. The third-order valence-electron chi connectivity index (χ3n) is 6.34. The minimum Gasteiger partial charge on any atom is -0.490 e. The lowest BCUT2D eigenvalue weighted by atomic mass is 9.98. The van der Waals surface area contributed by atoms with Crippen LogP contribution in [0.15, 0.2) is 42.5 Å². The standard InChI is InChI=1S/C30H31F7O2/c1-3-4-5-6-15-38-24-13-14-25(30(37)29(24)36)39-17-23(32)27(34)21-12-11-20(26(33)28(21)35)10-9-19-8-7-18(2)16-22(19)31/h7-8,11-14,16,23,27H,3-6,9-10,15,17H2,1-2H3. The summed E-state index contributed by atoms with van der Waals surface area (Å²) in [5.74, 6) is -7.19. The highest BCUT2D eigenvalue weighted by Gasteiger charge is 2.29. The lowest BCUT2D eigenvalue weighted by Gasteiger charge is -2.17. The molecule has 0 saturated carbocycles. The number of hydrogen-bond donors (Lipinski definition) is 0. The average molecular weight is 557 g/mol. The van der Waals surface area contributed by atoms with E-state index in [0.29, 0.717) is 17.5 Å². The second kappa shape index (κ2) is 14.2. The van der Waals surface area contributed by atoms with Gasteiger partial charge in [-0.3, -0.25) is 0 Å². The van der Waals surface area contributed by atoms with E-state index in [1.807, 2.05) is 6.92 Å². The van der Waals surface area contributed by atoms with Crippen molar-refractivity contribution in [3.63, 3.8) is 0 Å². The summed E-state index contributed by atoms with van der Waals surface area (Å²) in [7, 11) is 0. The predicted octanol–water partition coefficient (Wildman–Crippen LogP) is 8.86. The summed E-state index contributed by atoms with van der Waals surface area (Å²) in [4.78, 5) is 0. The summed E-state index contributed by atoms with van der Waals surface area (Å²) >= 11 is 0. The number of halogens is 7. The lowest BCUT2D eigenvalue weighted by molar-refractivity contribution is 0.104. The van der Waals surface area contributed by atoms with E-state index < -0.39 is 59.3 Å². The molecule has 0 heterocycles. The Morgan fingerprint density at radius 2 is 1.33 bits per heavy atom. The first-order valence-corrected chi connectivity index (χ1v) is 12.9. The quantitative estimate of drug-likeness (QED) is 0.146. The molecule has 39 heavy (non-hydrogen) atoms. The lowest BCUT2D eigenvalue weighted by Crippen LogP contribution is -2.21. The van der Waals surface area contributed by atoms with E-state index in [0.717, 1.165) is 43.5 Å². The van der Waals surface area contributed by atoms with Gasteiger partial charge in [-0.2, -0.15) is 8.78 Å². The van der Waals surface area contributed by atoms with Crippen molar-refractivity contribution in [1.82, 2.24) is 0 Å². The van der Waals surface area contributed by atoms with Gasteiger partial charge in [0.15, 0.2) is 35.5 Å². The number of unbranched alkanes of at least 4 members (excludes halogenated alkanes) is 3. The molecule has 3 aromatic carbocycles. The SMILES string of the molecule is CCCCCCOc1ccc(OCC(F)C(F)c2ccc(CCc3ccc(C)cc3F)c(F)c2F)c(F)c1F. The Kier molecular flexibility index (Phi) is 11.1. The second-order valence-electron chi connectivity index (χ2n) is 9.36. The van der Waals surface area contributed by atoms with Crippen molar-refractivity contribution in [3.8, 4) is 11.5 Å². The Balaban J connectivity index is 1.60. The van der Waals surface area contributed by atoms with Crippen LogP contribution in [-0.4, -0.2) is 19.4 Å². The molecule has 0 spiro atoms. The van der Waals surface area contributed by atoms with Crippen LogP contribution in [0.4, 0.5) is 30.7 Å². The summed E-state index contributed by atoms with van der Waals surface area (Å²) < 4.78 is 111. The number of hydrogen-bond acceptors (Lipinski definition) is 2. The minimum absolute atomic E-state index is 0.0641. The molecule has 0 radical (unpaired) electrons. The zero-order valence-electron chi connectivity index (χ0n) is 21.8. The number of benzene rings is 3. The van der Waals surface area contributed by atoms with Crippen LogP contribution >= 0.6 is 0 Å². The van der Waals surface area contributed by atoms with Gasteiger partial charge in [-0.1, -0.05) is 50.5 Å². The van der Waals surface area contributed by atoms with Gasteiger partial charge >= 0.3 is 0 Å². The molecule has 0 saturated heterocycles. The van der Waals surface area contributed by atoms with Crippen LogP contribution in [0.2, 0.25) is 0 Å². The van der Waals surface area contributed by atoms with Gasteiger partial charge in [0.05, 0.1) is 6.61 Å². The molecule has 0 amide bonds. The van der Waals surface area contributed by atoms with E-state index >= 15 is 0 Å². The van der Waals surface area contributed by atoms with Crippen molar-refractivity contribution in [3.05, 3.63) is 93.8 Å². The van der Waals surface area contributed by atoms with Crippen LogP contribution in [0.3, 0.4) is 0 Å². The Bertz CT molecular complexity index is 1250. The fourth-order valence-electron chi connectivity index (χ4n) is 4.03. The summed E-state index contributed by atoms with van der Waals surface area (Å²) in [6.07, 6.45) is -1.60. The summed E-state index contributed by atoms with van der Waals surface area (Å²) in [5, 5.41) is 0. The van der Waals surface area contributed by atoms with Crippen LogP contribution in [0.5, 0.6) is 11.5 Å². The Morgan fingerprint density at radius 3 is 2.00 bits per heavy atom. The Morgan fingerprint density at radius 1 is 0.692 bits per heavy atom. The maximum Gasteiger partial charge on any atom is 0.204 e. The topological polar surface area (TPSA) is 18.5 Å². The van der Waals surface area contributed by atoms with Crippen molar-refractivity contribution in [1.29, 1.82) is 0 Å². The molecular formula is C30H31F7O2. The van der Waals surface area contributed by atoms with Crippen molar-refractivity contribution in [2.24, 2.45) is 0 Å². The first kappa shape index (κ1) is 30.3. The molecule has 3 aromatic rings. The molecule has 0 aromatic heterocycles. The van der Waals surface area contributed by atoms with E-state index in [9.17, 15) is 30.7 Å². The monoisotopic (exact) mass is 556 g/mol. The van der Waals surface area contributed by atoms with Gasteiger partial charge < -0.3 is 9.47 Å². The van der Waals surface area contributed by atoms with Gasteiger partial charge in [0.1, 0.15) is 12.4 Å². The molecule has 3 rings (SSSR count). The summed E-state index contributed by atoms with van der Waals surface area (Å²) in [6.45, 7) is 2.86. The van der Waals surface area contributed by atoms with E-state index in [1.54, 1.807) is 19.1 Å². The molecule has 2 unspecified atom stereocenters. The highest BCUT2D eigenvalue weighted by atomic mass is 19.2. The maximum atomic E-state index is 14.7. The Labute approximate surface area is 223 Å². The van der Waals surface area contributed by atoms with Crippen molar-refractivity contribution in [2.75, 3.05) is 13.2 Å². The molecule has 2 atom stereocenters. The second-order valence-corrected chi connectivity index (χ2v) is 9.36. The molecular weight excluding hydrogens is 525 g/mol. The van der Waals surface area contributed by atoms with E-state index in [4.69, 9.17) is 9.47 Å². The number of ether oxygens (including phenoxy) is 2. The third-order valence-corrected chi connectivity index (χ3v) is 6.34. The largest absolute Gasteiger partial charge is 0.490 e. The number of alkyl halides is 2. The van der Waals surface area contributed by atoms with Gasteiger partial charge in [0.25, 0.3) is 0 Å². The van der Waals surface area contributed by atoms with E-state index in [-0.39, 0.29) is 30.8 Å². The third kappa shape index (κ3) is 7.90. The van der Waals surface area contributed by atoms with Gasteiger partial charge in [-0.15, -0.1) is 0 Å². The smallest absolute Gasteiger partial charge is 0.204 e. The van der Waals surface area contributed by atoms with E-state index in [2.05, 4.69) is 0 Å². The van der Waals surface area contributed by atoms with Crippen LogP contribution in [0.1, 0.15) is 61.0 Å². The van der Waals surface area contributed by atoms with Crippen molar-refractivity contribution < 1.29 is 40.2 Å². The molecule has 0 aliphatic heterocycles. The highest BCUT2D eigenvalue weighted by Crippen LogP contribution is 2.32. The number of aryl methyl sites for hydroxylation is 3. The van der Waals surface area contributed by atoms with Crippen molar-refractivity contribution >= 4 is 0 Å². The predicted molar refractivity (Wildman–Crippen MR) is 135 cm³/mol. The van der Waals surface area contributed by atoms with Gasteiger partial charge in [0.2, 0.25) is 11.6 Å². The minimum atomic E-state index is -2.64. The molecule has 0 fully saturated rings. The molecule has 212 valence electrons. The van der Waals surface area contributed by atoms with Crippen LogP contribution < -0.4 is 9.47 Å². The molecule has 0 aliphatic rings. The zero-order valence-corrected chi connectivity index (χ0v) is 21.8. The fourth-order valence-corrected chi connectivity index (χ4v) is 4.03. The Hall–Kier alpha value is -3.23. The fraction of sp³-hybridized carbons (Fsp3) is 0.400. The molecule has 9 heteroatoms. The van der Waals surface area contributed by atoms with E-state index in [1.165, 1.54) is 6.07 Å². The molecule has 2 nitrogen and oxygen atoms in total. The first-order chi connectivity index (χ1) is 18.6. The van der Waals surface area contributed by atoms with Gasteiger partial charge in [0, 0.05) is 5.56 Å². The first-order valence-electron chi connectivity index (χ1n) is 12.9. The van der Waals surface area contributed by atoms with Gasteiger partial charge in [-0.25, -0.2) is 22.0 Å². The van der Waals surface area contributed by atoms with Crippen LogP contribution in [0.25, 0.3) is 0 Å². The summed E-state index contributed by atoms with van der Waals surface area (Å²) in [6, 6.07) is 8.70. The van der Waals surface area contributed by atoms with Crippen LogP contribution in [-0.2, 0) is 12.8 Å². The highest BCUT2D eigenvalue weighted by molar-refractivity contribution is 5.35. The molecule has 0 bridgehead atoms. The molecule has 0 aliphatic carbocycles. The normalized spacial score (nSPS) is 12.8. The zero-order chi connectivity index (χ0) is 28.5.